The maximum Gasteiger partial charge on any atom is 0.415 e. The molecule has 1 N–H and O–H groups in total. The average molecular weight is 336 g/mol. The van der Waals surface area contributed by atoms with Crippen molar-refractivity contribution >= 4 is 17.7 Å². The third-order valence-electron chi connectivity index (χ3n) is 4.87. The van der Waals surface area contributed by atoms with Crippen LogP contribution in [0.5, 0.6) is 0 Å². The number of anilines is 1. The van der Waals surface area contributed by atoms with E-state index in [0.717, 1.165) is 23.2 Å². The highest BCUT2D eigenvalue weighted by molar-refractivity contribution is 5.98. The number of fused-ring (bicyclic) bond motifs is 1. The van der Waals surface area contributed by atoms with Crippen molar-refractivity contribution in [2.24, 2.45) is 0 Å². The zero-order chi connectivity index (χ0) is 17.6. The van der Waals surface area contributed by atoms with Gasteiger partial charge < -0.3 is 10.1 Å². The Balaban J connectivity index is 1.80. The van der Waals surface area contributed by atoms with Crippen molar-refractivity contribution in [1.29, 1.82) is 0 Å². The molecule has 5 heteroatoms. The van der Waals surface area contributed by atoms with E-state index < -0.39 is 5.60 Å². The fourth-order valence-electron chi connectivity index (χ4n) is 3.75. The van der Waals surface area contributed by atoms with Crippen molar-refractivity contribution in [3.63, 3.8) is 0 Å². The minimum atomic E-state index is -0.647. The molecule has 0 spiro atoms. The van der Waals surface area contributed by atoms with Crippen LogP contribution in [0, 0.1) is 0 Å². The number of carbonyl (C=O) groups is 2. The van der Waals surface area contributed by atoms with Crippen LogP contribution in [-0.2, 0) is 11.2 Å². The molecule has 0 saturated carbocycles. The molecule has 25 heavy (non-hydrogen) atoms. The summed E-state index contributed by atoms with van der Waals surface area (Å²) in [7, 11) is 0. The number of amides is 2. The van der Waals surface area contributed by atoms with Crippen LogP contribution in [0.15, 0.2) is 48.5 Å². The number of nitrogens with zero attached hydrogens (tertiary/aromatic N) is 1. The number of ether oxygens (including phenoxy) is 1. The molecule has 0 aliphatic carbocycles. The summed E-state index contributed by atoms with van der Waals surface area (Å²) in [6.07, 6.45) is 0.399. The van der Waals surface area contributed by atoms with E-state index >= 15 is 0 Å². The minimum absolute atomic E-state index is 0.0586. The smallest absolute Gasteiger partial charge is 0.415 e. The summed E-state index contributed by atoms with van der Waals surface area (Å²) in [6.45, 7) is 4.47. The van der Waals surface area contributed by atoms with Crippen LogP contribution in [-0.4, -0.2) is 24.1 Å². The van der Waals surface area contributed by atoms with E-state index in [9.17, 15) is 9.59 Å². The molecular weight excluding hydrogens is 316 g/mol. The van der Waals surface area contributed by atoms with E-state index in [2.05, 4.69) is 5.32 Å². The van der Waals surface area contributed by atoms with Gasteiger partial charge in [0.05, 0.1) is 0 Å². The zero-order valence-electron chi connectivity index (χ0n) is 14.3. The number of benzene rings is 2. The molecule has 5 nitrogen and oxygen atoms in total. The van der Waals surface area contributed by atoms with Crippen LogP contribution in [0.1, 0.15) is 41.4 Å². The van der Waals surface area contributed by atoms with Gasteiger partial charge in [0.2, 0.25) is 0 Å². The SMILES string of the molecule is CC1(C)OC(=O)N(c2ccc3c(c2)CCNC3=O)[C@H]1c1ccccc1. The first-order chi connectivity index (χ1) is 12.0. The second-order valence-corrected chi connectivity index (χ2v) is 7.00. The highest BCUT2D eigenvalue weighted by Gasteiger charge is 2.49. The summed E-state index contributed by atoms with van der Waals surface area (Å²) in [5.41, 5.74) is 2.78. The number of nitrogens with one attached hydrogen (secondary N) is 1. The molecule has 2 aromatic carbocycles. The van der Waals surface area contributed by atoms with Crippen LogP contribution in [0.4, 0.5) is 10.5 Å². The molecule has 4 rings (SSSR count). The van der Waals surface area contributed by atoms with Gasteiger partial charge in [0.15, 0.2) is 0 Å². The lowest BCUT2D eigenvalue weighted by Gasteiger charge is -2.30. The fourth-order valence-corrected chi connectivity index (χ4v) is 3.75. The van der Waals surface area contributed by atoms with Crippen LogP contribution < -0.4 is 10.2 Å². The van der Waals surface area contributed by atoms with Gasteiger partial charge in [-0.15, -0.1) is 0 Å². The summed E-state index contributed by atoms with van der Waals surface area (Å²) in [6, 6.07) is 15.2. The van der Waals surface area contributed by atoms with Gasteiger partial charge in [-0.1, -0.05) is 30.3 Å². The number of rotatable bonds is 2. The summed E-state index contributed by atoms with van der Waals surface area (Å²) in [5, 5.41) is 2.84. The van der Waals surface area contributed by atoms with Gasteiger partial charge >= 0.3 is 6.09 Å². The Bertz CT molecular complexity index is 845. The van der Waals surface area contributed by atoms with Gasteiger partial charge in [-0.3, -0.25) is 9.69 Å². The van der Waals surface area contributed by atoms with Crippen LogP contribution in [0.3, 0.4) is 0 Å². The number of hydrogen-bond acceptors (Lipinski definition) is 3. The topological polar surface area (TPSA) is 58.6 Å². The first-order valence-electron chi connectivity index (χ1n) is 8.46. The van der Waals surface area contributed by atoms with E-state index in [0.29, 0.717) is 12.1 Å². The molecule has 2 heterocycles. The Hall–Kier alpha value is -2.82. The van der Waals surface area contributed by atoms with E-state index in [4.69, 9.17) is 4.74 Å². The lowest BCUT2D eigenvalue weighted by molar-refractivity contribution is 0.0685. The molecule has 0 unspecified atom stereocenters. The van der Waals surface area contributed by atoms with Crippen molar-refractivity contribution in [3.8, 4) is 0 Å². The molecule has 0 bridgehead atoms. The van der Waals surface area contributed by atoms with Crippen molar-refractivity contribution in [2.45, 2.75) is 31.9 Å². The maximum atomic E-state index is 12.6. The third-order valence-corrected chi connectivity index (χ3v) is 4.87. The standard InChI is InChI=1S/C20H20N2O3/c1-20(2)17(13-6-4-3-5-7-13)22(19(24)25-20)15-8-9-16-14(12-15)10-11-21-18(16)23/h3-9,12,17H,10-11H2,1-2H3,(H,21,23)/t17-/m0/s1. The van der Waals surface area contributed by atoms with E-state index in [-0.39, 0.29) is 18.0 Å². The first-order valence-corrected chi connectivity index (χ1v) is 8.46. The number of hydrogen-bond donors (Lipinski definition) is 1. The molecule has 128 valence electrons. The van der Waals surface area contributed by atoms with Gasteiger partial charge in [0.1, 0.15) is 11.6 Å². The summed E-state index contributed by atoms with van der Waals surface area (Å²) in [5.74, 6) is -0.0586. The summed E-state index contributed by atoms with van der Waals surface area (Å²) >= 11 is 0. The normalized spacial score (nSPS) is 21.5. The Labute approximate surface area is 146 Å². The maximum absolute atomic E-state index is 12.6. The molecule has 2 amide bonds. The molecular formula is C20H20N2O3. The van der Waals surface area contributed by atoms with Gasteiger partial charge in [-0.25, -0.2) is 4.79 Å². The fraction of sp³-hybridized carbons (Fsp3) is 0.300. The van der Waals surface area contributed by atoms with Crippen LogP contribution >= 0.6 is 0 Å². The van der Waals surface area contributed by atoms with Crippen molar-refractivity contribution in [2.75, 3.05) is 11.4 Å². The number of cyclic esters (lactones) is 1. The van der Waals surface area contributed by atoms with E-state index in [1.165, 1.54) is 0 Å². The minimum Gasteiger partial charge on any atom is -0.441 e. The monoisotopic (exact) mass is 336 g/mol. The van der Waals surface area contributed by atoms with Gasteiger partial charge in [0.25, 0.3) is 5.91 Å². The van der Waals surface area contributed by atoms with Crippen LogP contribution in [0.25, 0.3) is 0 Å². The quantitative estimate of drug-likeness (QED) is 0.914. The van der Waals surface area contributed by atoms with Crippen molar-refractivity contribution < 1.29 is 14.3 Å². The highest BCUT2D eigenvalue weighted by Crippen LogP contribution is 2.44. The second kappa shape index (κ2) is 5.62. The molecule has 1 fully saturated rings. The molecule has 2 aliphatic heterocycles. The predicted octanol–water partition coefficient (Wildman–Crippen LogP) is 3.45. The molecule has 2 aromatic rings. The largest absolute Gasteiger partial charge is 0.441 e. The van der Waals surface area contributed by atoms with Gasteiger partial charge in [-0.05, 0) is 49.6 Å². The van der Waals surface area contributed by atoms with Crippen LogP contribution in [0.2, 0.25) is 0 Å². The Morgan fingerprint density at radius 3 is 2.64 bits per heavy atom. The highest BCUT2D eigenvalue weighted by atomic mass is 16.6. The summed E-state index contributed by atoms with van der Waals surface area (Å²) < 4.78 is 5.66. The van der Waals surface area contributed by atoms with Gasteiger partial charge in [-0.2, -0.15) is 0 Å². The Morgan fingerprint density at radius 2 is 1.88 bits per heavy atom. The molecule has 0 radical (unpaired) electrons. The van der Waals surface area contributed by atoms with Crippen molar-refractivity contribution in [1.82, 2.24) is 5.32 Å². The van der Waals surface area contributed by atoms with E-state index in [1.54, 1.807) is 11.0 Å². The molecule has 1 saturated heterocycles. The average Bonchev–Trinajstić information content (AvgIpc) is 2.84. The second-order valence-electron chi connectivity index (χ2n) is 7.00. The molecule has 0 aromatic heterocycles. The van der Waals surface area contributed by atoms with Crippen molar-refractivity contribution in [3.05, 3.63) is 65.2 Å². The first kappa shape index (κ1) is 15.7. The van der Waals surface area contributed by atoms with Gasteiger partial charge in [0, 0.05) is 17.8 Å². The zero-order valence-corrected chi connectivity index (χ0v) is 14.3. The third kappa shape index (κ3) is 2.56. The lowest BCUT2D eigenvalue weighted by Crippen LogP contribution is -2.35. The molecule has 1 atom stereocenters. The number of carbonyl (C=O) groups excluding carboxylic acids is 2. The molecule has 2 aliphatic rings. The Morgan fingerprint density at radius 1 is 1.12 bits per heavy atom. The Kier molecular flexibility index (Phi) is 3.53. The predicted molar refractivity (Wildman–Crippen MR) is 94.7 cm³/mol. The van der Waals surface area contributed by atoms with E-state index in [1.807, 2.05) is 56.3 Å². The summed E-state index contributed by atoms with van der Waals surface area (Å²) in [4.78, 5) is 26.3. The lowest BCUT2D eigenvalue weighted by atomic mass is 9.91.